The summed E-state index contributed by atoms with van der Waals surface area (Å²) in [6.07, 6.45) is 2.72. The second-order valence-electron chi connectivity index (χ2n) is 7.52. The fraction of sp³-hybridized carbons (Fsp3) is 0.611. The number of nitrogens with one attached hydrogen (secondary N) is 1. The van der Waals surface area contributed by atoms with Gasteiger partial charge in [-0.25, -0.2) is 9.67 Å². The van der Waals surface area contributed by atoms with E-state index in [1.165, 1.54) is 6.42 Å². The van der Waals surface area contributed by atoms with E-state index in [1.54, 1.807) is 0 Å². The number of anilines is 3. The molecule has 4 rings (SSSR count). The van der Waals surface area contributed by atoms with Crippen LogP contribution in [-0.2, 0) is 6.18 Å². The molecule has 3 N–H and O–H groups in total. The first-order chi connectivity index (χ1) is 13.3. The van der Waals surface area contributed by atoms with Crippen molar-refractivity contribution in [3.05, 3.63) is 17.5 Å². The zero-order valence-electron chi connectivity index (χ0n) is 15.6. The van der Waals surface area contributed by atoms with Crippen molar-refractivity contribution in [2.75, 3.05) is 17.7 Å². The van der Waals surface area contributed by atoms with Gasteiger partial charge in [0.1, 0.15) is 17.1 Å². The van der Waals surface area contributed by atoms with Crippen molar-refractivity contribution >= 4 is 17.6 Å². The average molecular weight is 396 g/mol. The van der Waals surface area contributed by atoms with Gasteiger partial charge >= 0.3 is 6.18 Å². The number of aryl methyl sites for hydroxylation is 1. The van der Waals surface area contributed by atoms with E-state index in [1.807, 2.05) is 11.6 Å². The number of nitrogens with two attached hydrogens (primary N) is 1. The Morgan fingerprint density at radius 1 is 1.25 bits per heavy atom. The van der Waals surface area contributed by atoms with Crippen LogP contribution >= 0.6 is 0 Å². The zero-order chi connectivity index (χ0) is 19.9. The van der Waals surface area contributed by atoms with Gasteiger partial charge < -0.3 is 15.8 Å². The smallest absolute Gasteiger partial charge is 0.421 e. The second-order valence-corrected chi connectivity index (χ2v) is 7.52. The monoisotopic (exact) mass is 396 g/mol. The molecule has 2 aliphatic rings. The van der Waals surface area contributed by atoms with Gasteiger partial charge in [0.25, 0.3) is 0 Å². The lowest BCUT2D eigenvalue weighted by molar-refractivity contribution is -0.137. The van der Waals surface area contributed by atoms with Gasteiger partial charge in [-0.15, -0.1) is 0 Å². The van der Waals surface area contributed by atoms with Crippen molar-refractivity contribution in [2.45, 2.75) is 57.7 Å². The Bertz CT molecular complexity index is 858. The maximum atomic E-state index is 12.9. The van der Waals surface area contributed by atoms with Crippen molar-refractivity contribution in [3.63, 3.8) is 0 Å². The predicted octanol–water partition coefficient (Wildman–Crippen LogP) is 4.23. The van der Waals surface area contributed by atoms with E-state index in [9.17, 15) is 13.2 Å². The summed E-state index contributed by atoms with van der Waals surface area (Å²) >= 11 is 0. The summed E-state index contributed by atoms with van der Waals surface area (Å²) < 4.78 is 46.6. The van der Waals surface area contributed by atoms with Gasteiger partial charge in [0.05, 0.1) is 12.6 Å². The van der Waals surface area contributed by atoms with Crippen LogP contribution in [-0.4, -0.2) is 26.4 Å². The van der Waals surface area contributed by atoms with E-state index in [0.29, 0.717) is 30.3 Å². The Balaban J connectivity index is 1.62. The first-order valence-electron chi connectivity index (χ1n) is 9.51. The Morgan fingerprint density at radius 3 is 2.50 bits per heavy atom. The van der Waals surface area contributed by atoms with E-state index in [2.05, 4.69) is 20.4 Å². The summed E-state index contributed by atoms with van der Waals surface area (Å²) in [5.74, 6) is 1.08. The van der Waals surface area contributed by atoms with E-state index < -0.39 is 17.6 Å². The molecule has 0 bridgehead atoms. The molecule has 0 atom stereocenters. The summed E-state index contributed by atoms with van der Waals surface area (Å²) in [4.78, 5) is 7.59. The van der Waals surface area contributed by atoms with Crippen LogP contribution in [0.2, 0.25) is 0 Å². The lowest BCUT2D eigenvalue weighted by Crippen LogP contribution is -2.21. The van der Waals surface area contributed by atoms with Crippen LogP contribution in [0.15, 0.2) is 6.20 Å². The molecule has 2 heterocycles. The van der Waals surface area contributed by atoms with E-state index >= 15 is 0 Å². The number of nitrogen functional groups attached to an aromatic ring is 1. The minimum absolute atomic E-state index is 0.0144. The molecule has 0 unspecified atom stereocenters. The van der Waals surface area contributed by atoms with E-state index in [4.69, 9.17) is 10.5 Å². The molecule has 2 fully saturated rings. The molecule has 2 aromatic heterocycles. The number of hydrogen-bond donors (Lipinski definition) is 2. The highest BCUT2D eigenvalue weighted by molar-refractivity contribution is 5.61. The van der Waals surface area contributed by atoms with Gasteiger partial charge in [0.2, 0.25) is 5.95 Å². The lowest BCUT2D eigenvalue weighted by atomic mass is 9.86. The van der Waals surface area contributed by atoms with Crippen molar-refractivity contribution < 1.29 is 17.9 Å². The van der Waals surface area contributed by atoms with Gasteiger partial charge in [0.15, 0.2) is 11.6 Å². The number of halogens is 3. The Kier molecular flexibility index (Phi) is 4.80. The quantitative estimate of drug-likeness (QED) is 0.759. The predicted molar refractivity (Wildman–Crippen MR) is 97.4 cm³/mol. The fourth-order valence-corrected chi connectivity index (χ4v) is 3.35. The highest BCUT2D eigenvalue weighted by Gasteiger charge is 2.35. The molecule has 2 aliphatic carbocycles. The maximum absolute atomic E-state index is 12.9. The van der Waals surface area contributed by atoms with Crippen LogP contribution < -0.4 is 15.8 Å². The molecule has 2 saturated carbocycles. The summed E-state index contributed by atoms with van der Waals surface area (Å²) in [7, 11) is 0. The van der Waals surface area contributed by atoms with Crippen molar-refractivity contribution in [3.8, 4) is 5.75 Å². The maximum Gasteiger partial charge on any atom is 0.421 e. The molecule has 7 nitrogen and oxygen atoms in total. The Labute approximate surface area is 160 Å². The number of alkyl halides is 3. The minimum Gasteiger partial charge on any atom is -0.488 e. The molecule has 10 heteroatoms. The highest BCUT2D eigenvalue weighted by Crippen LogP contribution is 2.41. The molecule has 0 spiro atoms. The van der Waals surface area contributed by atoms with Crippen LogP contribution in [0, 0.1) is 12.8 Å². The second kappa shape index (κ2) is 7.14. The zero-order valence-corrected chi connectivity index (χ0v) is 15.6. The van der Waals surface area contributed by atoms with Gasteiger partial charge in [-0.3, -0.25) is 0 Å². The topological polar surface area (TPSA) is 90.9 Å². The van der Waals surface area contributed by atoms with Crippen LogP contribution in [0.25, 0.3) is 0 Å². The molecular formula is C18H23F3N6O. The van der Waals surface area contributed by atoms with Crippen LogP contribution in [0.4, 0.5) is 30.8 Å². The van der Waals surface area contributed by atoms with Gasteiger partial charge in [-0.2, -0.15) is 23.3 Å². The van der Waals surface area contributed by atoms with E-state index in [-0.39, 0.29) is 12.0 Å². The summed E-state index contributed by atoms with van der Waals surface area (Å²) in [6, 6.07) is 0.231. The van der Waals surface area contributed by atoms with Gasteiger partial charge in [-0.05, 0) is 44.9 Å². The first kappa shape index (κ1) is 18.8. The average Bonchev–Trinajstić information content (AvgIpc) is 2.79. The summed E-state index contributed by atoms with van der Waals surface area (Å²) in [5.41, 5.74) is 5.18. The fourth-order valence-electron chi connectivity index (χ4n) is 3.35. The highest BCUT2D eigenvalue weighted by atomic mass is 19.4. The normalized spacial score (nSPS) is 17.9. The molecule has 2 aromatic rings. The lowest BCUT2D eigenvalue weighted by Gasteiger charge is -2.28. The molecule has 0 aromatic carbocycles. The number of nitrogens with zero attached hydrogens (tertiary/aromatic N) is 4. The molecule has 0 radical (unpaired) electrons. The van der Waals surface area contributed by atoms with Crippen LogP contribution in [0.1, 0.15) is 55.8 Å². The van der Waals surface area contributed by atoms with E-state index in [0.717, 1.165) is 37.8 Å². The molecule has 0 aliphatic heterocycles. The number of aromatic nitrogens is 4. The molecular weight excluding hydrogens is 373 g/mol. The SMILES string of the molecule is Cc1nn(C2CCC2)c(Nc2ncc(C(F)(F)F)c(N)n2)c1OCC1CCC1. The number of ether oxygens (including phenoxy) is 1. The van der Waals surface area contributed by atoms with Crippen LogP contribution in [0.3, 0.4) is 0 Å². The van der Waals surface area contributed by atoms with Crippen molar-refractivity contribution in [2.24, 2.45) is 5.92 Å². The van der Waals surface area contributed by atoms with Crippen LogP contribution in [0.5, 0.6) is 5.75 Å². The molecule has 28 heavy (non-hydrogen) atoms. The van der Waals surface area contributed by atoms with Gasteiger partial charge in [0, 0.05) is 6.20 Å². The third kappa shape index (κ3) is 3.59. The minimum atomic E-state index is -4.59. The third-order valence-corrected chi connectivity index (χ3v) is 5.49. The molecule has 152 valence electrons. The summed E-state index contributed by atoms with van der Waals surface area (Å²) in [6.45, 7) is 2.46. The Hall–Kier alpha value is -2.52. The first-order valence-corrected chi connectivity index (χ1v) is 9.51. The standard InChI is InChI=1S/C18H23F3N6O/c1-10-14(28-9-11-4-2-5-11)16(27(26-10)12-6-3-7-12)25-17-23-8-13(15(22)24-17)18(19,20)21/h8,11-12H,2-7,9H2,1H3,(H3,22,23,24,25). The molecule has 0 amide bonds. The third-order valence-electron chi connectivity index (χ3n) is 5.49. The van der Waals surface area contributed by atoms with Crippen molar-refractivity contribution in [1.82, 2.24) is 19.7 Å². The van der Waals surface area contributed by atoms with Crippen molar-refractivity contribution in [1.29, 1.82) is 0 Å². The molecule has 0 saturated heterocycles. The number of rotatable bonds is 6. The summed E-state index contributed by atoms with van der Waals surface area (Å²) in [5, 5.41) is 7.59. The van der Waals surface area contributed by atoms with Gasteiger partial charge in [-0.1, -0.05) is 6.42 Å². The number of hydrogen-bond acceptors (Lipinski definition) is 6. The largest absolute Gasteiger partial charge is 0.488 e. The Morgan fingerprint density at radius 2 is 1.96 bits per heavy atom.